The van der Waals surface area contributed by atoms with Gasteiger partial charge in [-0.05, 0) is 26.0 Å². The van der Waals surface area contributed by atoms with Crippen molar-refractivity contribution in [1.82, 2.24) is 25.2 Å². The summed E-state index contributed by atoms with van der Waals surface area (Å²) in [4.78, 5) is 29.2. The van der Waals surface area contributed by atoms with E-state index in [1.54, 1.807) is 6.20 Å². The van der Waals surface area contributed by atoms with E-state index in [4.69, 9.17) is 0 Å². The maximum atomic E-state index is 12.5. The molecule has 1 fully saturated rings. The molecule has 8 heteroatoms. The number of piperazine rings is 1. The number of pyridine rings is 1. The third kappa shape index (κ3) is 4.50. The van der Waals surface area contributed by atoms with Crippen LogP contribution in [0.15, 0.2) is 30.6 Å². The van der Waals surface area contributed by atoms with E-state index in [0.29, 0.717) is 44.1 Å². The van der Waals surface area contributed by atoms with Crippen LogP contribution in [0.4, 0.5) is 10.6 Å². The second-order valence-electron chi connectivity index (χ2n) is 6.58. The Bertz CT molecular complexity index is 848. The minimum Gasteiger partial charge on any atom is -0.350 e. The Morgan fingerprint density at radius 3 is 2.89 bits per heavy atom. The van der Waals surface area contributed by atoms with Gasteiger partial charge in [0.2, 0.25) is 0 Å². The van der Waals surface area contributed by atoms with Crippen LogP contribution in [-0.4, -0.2) is 58.1 Å². The van der Waals surface area contributed by atoms with Gasteiger partial charge in [-0.1, -0.05) is 6.07 Å². The summed E-state index contributed by atoms with van der Waals surface area (Å²) in [5.74, 6) is 0.581. The second kappa shape index (κ2) is 8.45. The highest BCUT2D eigenvalue weighted by Gasteiger charge is 2.29. The largest absolute Gasteiger partial charge is 0.350 e. The lowest BCUT2D eigenvalue weighted by Crippen LogP contribution is -2.57. The Morgan fingerprint density at radius 1 is 1.33 bits per heavy atom. The predicted molar refractivity (Wildman–Crippen MR) is 101 cm³/mol. The molecule has 140 valence electrons. The van der Waals surface area contributed by atoms with Crippen molar-refractivity contribution in [2.75, 3.05) is 31.1 Å². The first kappa shape index (κ1) is 18.6. The number of rotatable bonds is 4. The van der Waals surface area contributed by atoms with Gasteiger partial charge in [-0.2, -0.15) is 5.26 Å². The van der Waals surface area contributed by atoms with Crippen molar-refractivity contribution in [1.29, 1.82) is 5.26 Å². The highest BCUT2D eigenvalue weighted by molar-refractivity contribution is 5.75. The number of nitrogens with one attached hydrogen (secondary N) is 1. The van der Waals surface area contributed by atoms with Gasteiger partial charge < -0.3 is 15.1 Å². The molecule has 0 aromatic carbocycles. The molecule has 2 aromatic rings. The lowest BCUT2D eigenvalue weighted by atomic mass is 10.2. The van der Waals surface area contributed by atoms with Crippen molar-refractivity contribution in [2.24, 2.45) is 0 Å². The van der Waals surface area contributed by atoms with Crippen LogP contribution in [0.25, 0.3) is 0 Å². The van der Waals surface area contributed by atoms with Crippen molar-refractivity contribution < 1.29 is 4.79 Å². The lowest BCUT2D eigenvalue weighted by molar-refractivity contribution is 0.171. The zero-order valence-corrected chi connectivity index (χ0v) is 15.6. The van der Waals surface area contributed by atoms with Crippen molar-refractivity contribution in [3.8, 4) is 6.07 Å². The number of aryl methyl sites for hydroxylation is 1. The molecule has 27 heavy (non-hydrogen) atoms. The number of hydrogen-bond donors (Lipinski definition) is 1. The zero-order chi connectivity index (χ0) is 19.2. The number of carbonyl (C=O) groups is 1. The third-order valence-electron chi connectivity index (χ3n) is 4.58. The van der Waals surface area contributed by atoms with Gasteiger partial charge in [0.1, 0.15) is 6.07 Å². The first-order chi connectivity index (χ1) is 13.1. The highest BCUT2D eigenvalue weighted by Crippen LogP contribution is 2.19. The molecule has 1 atom stereocenters. The second-order valence-corrected chi connectivity index (χ2v) is 6.58. The molecule has 0 unspecified atom stereocenters. The molecule has 1 saturated heterocycles. The van der Waals surface area contributed by atoms with Gasteiger partial charge >= 0.3 is 6.03 Å². The zero-order valence-electron chi connectivity index (χ0n) is 15.6. The van der Waals surface area contributed by atoms with E-state index in [9.17, 15) is 10.1 Å². The molecule has 1 N–H and O–H groups in total. The molecule has 0 aliphatic carbocycles. The maximum Gasteiger partial charge on any atom is 0.317 e. The van der Waals surface area contributed by atoms with Gasteiger partial charge in [0, 0.05) is 62.4 Å². The van der Waals surface area contributed by atoms with E-state index in [-0.39, 0.29) is 12.1 Å². The van der Waals surface area contributed by atoms with Crippen molar-refractivity contribution in [3.05, 3.63) is 47.7 Å². The van der Waals surface area contributed by atoms with Crippen LogP contribution in [0.1, 0.15) is 24.0 Å². The minimum atomic E-state index is -0.0746. The van der Waals surface area contributed by atoms with Crippen LogP contribution >= 0.6 is 0 Å². The summed E-state index contributed by atoms with van der Waals surface area (Å²) in [7, 11) is 0. The molecule has 1 aliphatic heterocycles. The third-order valence-corrected chi connectivity index (χ3v) is 4.58. The number of carbonyl (C=O) groups excluding carboxylic acids is 1. The van der Waals surface area contributed by atoms with E-state index in [2.05, 4.69) is 26.3 Å². The number of aromatic nitrogens is 3. The van der Waals surface area contributed by atoms with Gasteiger partial charge in [-0.15, -0.1) is 0 Å². The molecule has 1 aliphatic rings. The molecular formula is C19H23N7O. The quantitative estimate of drug-likeness (QED) is 0.882. The van der Waals surface area contributed by atoms with Crippen LogP contribution < -0.4 is 10.2 Å². The number of nitrogens with zero attached hydrogens (tertiary/aromatic N) is 6. The molecular weight excluding hydrogens is 342 g/mol. The highest BCUT2D eigenvalue weighted by atomic mass is 16.2. The average molecular weight is 365 g/mol. The molecule has 3 heterocycles. The van der Waals surface area contributed by atoms with E-state index >= 15 is 0 Å². The minimum absolute atomic E-state index is 0.00407. The Morgan fingerprint density at radius 2 is 2.15 bits per heavy atom. The standard InChI is InChI=1S/C19H23N7O/c1-14-4-3-5-16(24-14)6-7-23-19(27)26-11-10-25(13-15(26)2)18-17(12-20)21-8-9-22-18/h3-5,8-9,15H,6-7,10-11,13H2,1-2H3,(H,23,27)/t15-/m0/s1. The number of nitriles is 1. The number of hydrogen-bond acceptors (Lipinski definition) is 6. The Kier molecular flexibility index (Phi) is 5.81. The smallest absolute Gasteiger partial charge is 0.317 e. The van der Waals surface area contributed by atoms with Crippen LogP contribution in [0, 0.1) is 18.3 Å². The normalized spacial score (nSPS) is 16.7. The van der Waals surface area contributed by atoms with Crippen molar-refractivity contribution in [2.45, 2.75) is 26.3 Å². The van der Waals surface area contributed by atoms with Crippen LogP contribution in [0.3, 0.4) is 0 Å². The summed E-state index contributed by atoms with van der Waals surface area (Å²) >= 11 is 0. The maximum absolute atomic E-state index is 12.5. The fraction of sp³-hybridized carbons (Fsp3) is 0.421. The monoisotopic (exact) mass is 365 g/mol. The first-order valence-corrected chi connectivity index (χ1v) is 9.01. The van der Waals surface area contributed by atoms with Crippen molar-refractivity contribution >= 4 is 11.8 Å². The molecule has 2 aromatic heterocycles. The number of anilines is 1. The average Bonchev–Trinajstić information content (AvgIpc) is 2.67. The summed E-state index contributed by atoms with van der Waals surface area (Å²) in [6.45, 7) is 6.29. The molecule has 2 amide bonds. The number of amides is 2. The summed E-state index contributed by atoms with van der Waals surface area (Å²) in [6.07, 6.45) is 3.80. The SMILES string of the molecule is Cc1cccc(CCNC(=O)N2CCN(c3nccnc3C#N)C[C@@H]2C)n1. The molecule has 0 bridgehead atoms. The van der Waals surface area contributed by atoms with Crippen LogP contribution in [-0.2, 0) is 6.42 Å². The summed E-state index contributed by atoms with van der Waals surface area (Å²) in [5, 5.41) is 12.2. The predicted octanol–water partition coefficient (Wildman–Crippen LogP) is 1.51. The fourth-order valence-corrected chi connectivity index (χ4v) is 3.23. The topological polar surface area (TPSA) is 98.0 Å². The Balaban J connectivity index is 1.53. The molecule has 8 nitrogen and oxygen atoms in total. The molecule has 0 saturated carbocycles. The summed E-state index contributed by atoms with van der Waals surface area (Å²) < 4.78 is 0. The number of urea groups is 1. The lowest BCUT2D eigenvalue weighted by Gasteiger charge is -2.40. The molecule has 0 spiro atoms. The van der Waals surface area contributed by atoms with Gasteiger partial charge in [-0.25, -0.2) is 14.8 Å². The van der Waals surface area contributed by atoms with Gasteiger partial charge in [-0.3, -0.25) is 4.98 Å². The van der Waals surface area contributed by atoms with E-state index < -0.39 is 0 Å². The Labute approximate surface area is 158 Å². The van der Waals surface area contributed by atoms with E-state index in [1.165, 1.54) is 6.20 Å². The summed E-state index contributed by atoms with van der Waals surface area (Å²) in [6, 6.07) is 7.90. The van der Waals surface area contributed by atoms with Crippen LogP contribution in [0.2, 0.25) is 0 Å². The van der Waals surface area contributed by atoms with E-state index in [0.717, 1.165) is 11.4 Å². The van der Waals surface area contributed by atoms with Crippen LogP contribution in [0.5, 0.6) is 0 Å². The van der Waals surface area contributed by atoms with Gasteiger partial charge in [0.05, 0.1) is 0 Å². The molecule has 0 radical (unpaired) electrons. The molecule has 3 rings (SSSR count). The van der Waals surface area contributed by atoms with E-state index in [1.807, 2.05) is 41.8 Å². The van der Waals surface area contributed by atoms with Gasteiger partial charge in [0.15, 0.2) is 11.5 Å². The Hall–Kier alpha value is -3.21. The first-order valence-electron chi connectivity index (χ1n) is 9.01. The fourth-order valence-electron chi connectivity index (χ4n) is 3.23. The van der Waals surface area contributed by atoms with Crippen molar-refractivity contribution in [3.63, 3.8) is 0 Å². The summed E-state index contributed by atoms with van der Waals surface area (Å²) in [5.41, 5.74) is 2.26. The van der Waals surface area contributed by atoms with Gasteiger partial charge in [0.25, 0.3) is 0 Å².